The van der Waals surface area contributed by atoms with Crippen molar-refractivity contribution in [2.75, 3.05) is 0 Å². The predicted octanol–water partition coefficient (Wildman–Crippen LogP) is 8.41. The van der Waals surface area contributed by atoms with Crippen LogP contribution in [0.2, 0.25) is 13.1 Å². The fourth-order valence-corrected chi connectivity index (χ4v) is 2.84. The quantitative estimate of drug-likeness (QED) is 0.189. The van der Waals surface area contributed by atoms with E-state index in [2.05, 4.69) is 99.7 Å². The van der Waals surface area contributed by atoms with Crippen LogP contribution in [0.15, 0.2) is 72.8 Å². The number of hydrogen-bond acceptors (Lipinski definition) is 0. The zero-order chi connectivity index (χ0) is 20.8. The Hall–Kier alpha value is -0.660. The average Bonchev–Trinajstić information content (AvgIpc) is 3.33. The van der Waals surface area contributed by atoms with Crippen molar-refractivity contribution >= 4 is 48.1 Å². The Morgan fingerprint density at radius 1 is 0.750 bits per heavy atom. The summed E-state index contributed by atoms with van der Waals surface area (Å²) in [5.74, 6) is 0. The first kappa shape index (κ1) is 25.4. The molecule has 0 N–H and O–H groups in total. The summed E-state index contributed by atoms with van der Waals surface area (Å²) in [4.78, 5) is 0. The summed E-state index contributed by atoms with van der Waals surface area (Å²) in [7, 11) is 11.0. The molecule has 0 aliphatic rings. The molecule has 4 aromatic rings. The molecule has 0 aliphatic carbocycles. The molecule has 0 saturated heterocycles. The topological polar surface area (TPSA) is 0 Å². The molecule has 0 fully saturated rings. The van der Waals surface area contributed by atoms with Gasteiger partial charge in [0.1, 0.15) is 0 Å². The minimum atomic E-state index is -0.826. The van der Waals surface area contributed by atoms with Gasteiger partial charge in [0.2, 0.25) is 0 Å². The number of aryl methyl sites for hydroxylation is 2. The van der Waals surface area contributed by atoms with Crippen LogP contribution in [-0.4, -0.2) is 9.52 Å². The first-order chi connectivity index (χ1) is 13.6. The molecule has 4 rings (SSSR count). The van der Waals surface area contributed by atoms with Crippen LogP contribution in [0.3, 0.4) is 0 Å². The second-order valence-electron chi connectivity index (χ2n) is 6.26. The van der Waals surface area contributed by atoms with Crippen molar-refractivity contribution in [3.63, 3.8) is 0 Å². The van der Waals surface area contributed by atoms with Crippen LogP contribution < -0.4 is 0 Å². The van der Waals surface area contributed by atoms with Gasteiger partial charge < -0.3 is 0 Å². The Bertz CT molecular complexity index is 769. The molecule has 0 amide bonds. The van der Waals surface area contributed by atoms with E-state index < -0.39 is 20.8 Å². The summed E-state index contributed by atoms with van der Waals surface area (Å²) in [5.41, 5.74) is 2.87. The van der Waals surface area contributed by atoms with E-state index in [0.29, 0.717) is 0 Å². The van der Waals surface area contributed by atoms with E-state index in [0.717, 1.165) is 22.4 Å². The van der Waals surface area contributed by atoms with Crippen molar-refractivity contribution < 1.29 is 20.8 Å². The van der Waals surface area contributed by atoms with Crippen LogP contribution >= 0.6 is 17.0 Å². The fourth-order valence-electron chi connectivity index (χ4n) is 2.84. The Labute approximate surface area is 191 Å². The molecule has 0 spiro atoms. The summed E-state index contributed by atoms with van der Waals surface area (Å²) in [6, 6.07) is 26.0. The van der Waals surface area contributed by atoms with E-state index in [4.69, 9.17) is 17.0 Å². The van der Waals surface area contributed by atoms with Crippen LogP contribution in [0, 0.1) is 0 Å². The Morgan fingerprint density at radius 3 is 1.36 bits per heavy atom. The molecule has 0 atom stereocenters. The second kappa shape index (κ2) is 15.2. The Morgan fingerprint density at radius 2 is 1.07 bits per heavy atom. The zero-order valence-corrected chi connectivity index (χ0v) is 22.1. The summed E-state index contributed by atoms with van der Waals surface area (Å²) in [6.45, 7) is 8.68. The summed E-state index contributed by atoms with van der Waals surface area (Å²) in [6.07, 6.45) is 2.27. The monoisotopic (exact) mass is 504 g/mol. The number of benzene rings is 2. The average molecular weight is 507 g/mol. The number of fused-ring (bicyclic) bond motifs is 2. The molecule has 4 aromatic carbocycles. The van der Waals surface area contributed by atoms with Gasteiger partial charge in [-0.2, -0.15) is 12.1 Å². The van der Waals surface area contributed by atoms with Crippen molar-refractivity contribution in [1.82, 2.24) is 0 Å². The molecule has 28 heavy (non-hydrogen) atoms. The molecule has 0 unspecified atom stereocenters. The van der Waals surface area contributed by atoms with Gasteiger partial charge in [0.25, 0.3) is 0 Å². The maximum absolute atomic E-state index is 4.93. The van der Waals surface area contributed by atoms with Crippen LogP contribution in [0.5, 0.6) is 0 Å². The van der Waals surface area contributed by atoms with Crippen molar-refractivity contribution in [1.29, 1.82) is 0 Å². The normalized spacial score (nSPS) is 9.36. The molecule has 4 heteroatoms. The number of halogens is 2. The molecule has 0 heterocycles. The van der Waals surface area contributed by atoms with E-state index >= 15 is 0 Å². The van der Waals surface area contributed by atoms with Gasteiger partial charge in [-0.15, -0.1) is 81.2 Å². The van der Waals surface area contributed by atoms with E-state index in [9.17, 15) is 0 Å². The standard InChI is InChI=1S/2C11H11.C2H6Si.2ClH.Zr/c2*1-2-9-7-10-5-3-4-6-11(10)8-9;1-3-2;;;/h2*3-8H,2H2,1H3;1-2H3;2*1H;/q2*-1;;;;+4/p-2. The van der Waals surface area contributed by atoms with Gasteiger partial charge in [0.05, 0.1) is 0 Å². The van der Waals surface area contributed by atoms with Crippen LogP contribution in [0.4, 0.5) is 0 Å². The van der Waals surface area contributed by atoms with Crippen molar-refractivity contribution in [2.24, 2.45) is 0 Å². The molecule has 146 valence electrons. The molecule has 0 aromatic heterocycles. The van der Waals surface area contributed by atoms with Gasteiger partial charge in [-0.05, 0) is 12.8 Å². The molecule has 2 radical (unpaired) electrons. The maximum atomic E-state index is 4.93. The summed E-state index contributed by atoms with van der Waals surface area (Å²) in [5, 5.41) is 5.46. The molecule has 0 aliphatic heterocycles. The van der Waals surface area contributed by atoms with Gasteiger partial charge >= 0.3 is 37.9 Å². The molecule has 0 saturated carbocycles. The van der Waals surface area contributed by atoms with Crippen LogP contribution in [-0.2, 0) is 33.7 Å². The molecular weight excluding hydrogens is 478 g/mol. The van der Waals surface area contributed by atoms with Crippen molar-refractivity contribution in [3.8, 4) is 0 Å². The van der Waals surface area contributed by atoms with E-state index in [1.54, 1.807) is 0 Å². The third kappa shape index (κ3) is 8.78. The van der Waals surface area contributed by atoms with Gasteiger partial charge in [-0.1, -0.05) is 39.1 Å². The van der Waals surface area contributed by atoms with Gasteiger partial charge in [-0.25, -0.2) is 0 Å². The SMILES string of the molecule is CCc1cc2ccccc2[cH-]1.CCc1cc2ccccc2[cH-]1.C[Si]C.[Cl][Zr+2][Cl]. The first-order valence-electron chi connectivity index (χ1n) is 9.46. The zero-order valence-electron chi connectivity index (χ0n) is 17.1. The predicted molar refractivity (Wildman–Crippen MR) is 127 cm³/mol. The van der Waals surface area contributed by atoms with Gasteiger partial charge in [0, 0.05) is 9.52 Å². The van der Waals surface area contributed by atoms with Crippen LogP contribution in [0.25, 0.3) is 21.5 Å². The Balaban J connectivity index is 0.000000220. The Kier molecular flexibility index (Phi) is 13.8. The minimum absolute atomic E-state index is 0.826. The molecular formula is C24H28Cl2SiZr. The van der Waals surface area contributed by atoms with E-state index in [-0.39, 0.29) is 0 Å². The van der Waals surface area contributed by atoms with Crippen molar-refractivity contribution in [2.45, 2.75) is 39.8 Å². The third-order valence-corrected chi connectivity index (χ3v) is 4.17. The van der Waals surface area contributed by atoms with Crippen molar-refractivity contribution in [3.05, 3.63) is 83.9 Å². The first-order valence-corrected chi connectivity index (χ1v) is 17.8. The molecule has 0 nitrogen and oxygen atoms in total. The van der Waals surface area contributed by atoms with Gasteiger partial charge in [-0.3, -0.25) is 0 Å². The second-order valence-corrected chi connectivity index (χ2v) is 11.0. The number of hydrogen-bond donors (Lipinski definition) is 0. The fraction of sp³-hybridized carbons (Fsp3) is 0.250. The summed E-state index contributed by atoms with van der Waals surface area (Å²) < 4.78 is 0. The van der Waals surface area contributed by atoms with Crippen LogP contribution in [0.1, 0.15) is 25.0 Å². The summed E-state index contributed by atoms with van der Waals surface area (Å²) >= 11 is -0.826. The third-order valence-electron chi connectivity index (χ3n) is 4.17. The van der Waals surface area contributed by atoms with E-state index in [1.807, 2.05) is 0 Å². The number of rotatable bonds is 2. The van der Waals surface area contributed by atoms with E-state index in [1.165, 1.54) is 32.7 Å². The molecule has 0 bridgehead atoms. The van der Waals surface area contributed by atoms with Gasteiger partial charge in [0.15, 0.2) is 0 Å².